The van der Waals surface area contributed by atoms with Gasteiger partial charge in [0.25, 0.3) is 10.0 Å². The second kappa shape index (κ2) is 7.30. The van der Waals surface area contributed by atoms with Crippen LogP contribution in [0.3, 0.4) is 0 Å². The van der Waals surface area contributed by atoms with E-state index in [0.717, 1.165) is 16.7 Å². The zero-order chi connectivity index (χ0) is 18.7. The number of aryl methyl sites for hydroxylation is 2. The van der Waals surface area contributed by atoms with Gasteiger partial charge in [-0.25, -0.2) is 12.8 Å². The third-order valence-electron chi connectivity index (χ3n) is 4.17. The van der Waals surface area contributed by atoms with E-state index < -0.39 is 15.8 Å². The summed E-state index contributed by atoms with van der Waals surface area (Å²) in [6.45, 7) is 4.05. The van der Waals surface area contributed by atoms with E-state index in [9.17, 15) is 12.8 Å². The van der Waals surface area contributed by atoms with Crippen LogP contribution in [0.2, 0.25) is 0 Å². The van der Waals surface area contributed by atoms with Gasteiger partial charge in [-0.3, -0.25) is 4.31 Å². The Morgan fingerprint density at radius 3 is 1.81 bits per heavy atom. The zero-order valence-electron chi connectivity index (χ0n) is 14.7. The van der Waals surface area contributed by atoms with Crippen LogP contribution in [0.1, 0.15) is 16.7 Å². The number of benzene rings is 3. The van der Waals surface area contributed by atoms with Crippen molar-refractivity contribution in [3.05, 3.63) is 95.3 Å². The smallest absolute Gasteiger partial charge is 0.262 e. The van der Waals surface area contributed by atoms with Crippen LogP contribution in [0.25, 0.3) is 0 Å². The van der Waals surface area contributed by atoms with Crippen molar-refractivity contribution >= 4 is 15.7 Å². The molecule has 0 bridgehead atoms. The first-order valence-electron chi connectivity index (χ1n) is 8.27. The molecule has 0 aromatic heterocycles. The van der Waals surface area contributed by atoms with Crippen LogP contribution in [-0.4, -0.2) is 8.42 Å². The standard InChI is InChI=1S/C21H20FNO2S/c1-16-3-7-18(8-4-16)15-23(20-11-9-19(22)10-12-20)26(24,25)21-13-5-17(2)6-14-21/h3-14H,15H2,1-2H3. The quantitative estimate of drug-likeness (QED) is 0.645. The van der Waals surface area contributed by atoms with E-state index in [1.54, 1.807) is 24.3 Å². The van der Waals surface area contributed by atoms with Gasteiger partial charge in [-0.2, -0.15) is 0 Å². The summed E-state index contributed by atoms with van der Waals surface area (Å²) < 4.78 is 41.1. The number of nitrogens with zero attached hydrogens (tertiary/aromatic N) is 1. The van der Waals surface area contributed by atoms with Crippen LogP contribution < -0.4 is 4.31 Å². The summed E-state index contributed by atoms with van der Waals surface area (Å²) >= 11 is 0. The van der Waals surface area contributed by atoms with E-state index >= 15 is 0 Å². The minimum Gasteiger partial charge on any atom is -0.262 e. The summed E-state index contributed by atoms with van der Waals surface area (Å²) in [7, 11) is -3.78. The van der Waals surface area contributed by atoms with Crippen molar-refractivity contribution in [2.24, 2.45) is 0 Å². The molecule has 0 spiro atoms. The van der Waals surface area contributed by atoms with E-state index in [2.05, 4.69) is 0 Å². The van der Waals surface area contributed by atoms with Gasteiger partial charge in [-0.05, 0) is 55.8 Å². The van der Waals surface area contributed by atoms with E-state index in [-0.39, 0.29) is 11.4 Å². The van der Waals surface area contributed by atoms with Crippen molar-refractivity contribution in [2.75, 3.05) is 4.31 Å². The van der Waals surface area contributed by atoms with Crippen LogP contribution in [0.5, 0.6) is 0 Å². The fraction of sp³-hybridized carbons (Fsp3) is 0.143. The Morgan fingerprint density at radius 1 is 0.769 bits per heavy atom. The maximum atomic E-state index is 13.3. The SMILES string of the molecule is Cc1ccc(CN(c2ccc(F)cc2)S(=O)(=O)c2ccc(C)cc2)cc1. The van der Waals surface area contributed by atoms with Gasteiger partial charge in [-0.15, -0.1) is 0 Å². The second-order valence-electron chi connectivity index (χ2n) is 6.29. The zero-order valence-corrected chi connectivity index (χ0v) is 15.5. The first kappa shape index (κ1) is 18.1. The van der Waals surface area contributed by atoms with E-state index in [1.165, 1.54) is 28.6 Å². The molecule has 0 fully saturated rings. The lowest BCUT2D eigenvalue weighted by molar-refractivity contribution is 0.590. The highest BCUT2D eigenvalue weighted by molar-refractivity contribution is 7.92. The van der Waals surface area contributed by atoms with Crippen molar-refractivity contribution < 1.29 is 12.8 Å². The molecule has 5 heteroatoms. The third kappa shape index (κ3) is 3.94. The van der Waals surface area contributed by atoms with Gasteiger partial charge in [0.05, 0.1) is 17.1 Å². The molecule has 3 nitrogen and oxygen atoms in total. The average Bonchev–Trinajstić information content (AvgIpc) is 2.62. The fourth-order valence-corrected chi connectivity index (χ4v) is 4.07. The van der Waals surface area contributed by atoms with Crippen LogP contribution in [-0.2, 0) is 16.6 Å². The Kier molecular flexibility index (Phi) is 5.09. The van der Waals surface area contributed by atoms with Crippen LogP contribution in [0, 0.1) is 19.7 Å². The van der Waals surface area contributed by atoms with E-state index in [1.807, 2.05) is 38.1 Å². The minimum atomic E-state index is -3.78. The number of hydrogen-bond acceptors (Lipinski definition) is 2. The van der Waals surface area contributed by atoms with Gasteiger partial charge in [0.1, 0.15) is 5.82 Å². The van der Waals surface area contributed by atoms with Gasteiger partial charge in [0.2, 0.25) is 0 Å². The molecule has 3 aromatic rings. The highest BCUT2D eigenvalue weighted by Crippen LogP contribution is 2.26. The summed E-state index contributed by atoms with van der Waals surface area (Å²) in [5.74, 6) is -0.406. The lowest BCUT2D eigenvalue weighted by atomic mass is 10.1. The van der Waals surface area contributed by atoms with Crippen LogP contribution >= 0.6 is 0 Å². The molecule has 3 aromatic carbocycles. The van der Waals surface area contributed by atoms with Crippen LogP contribution in [0.15, 0.2) is 77.7 Å². The largest absolute Gasteiger partial charge is 0.264 e. The van der Waals surface area contributed by atoms with Gasteiger partial charge < -0.3 is 0 Å². The van der Waals surface area contributed by atoms with Crippen molar-refractivity contribution in [1.82, 2.24) is 0 Å². The minimum absolute atomic E-state index is 0.169. The first-order valence-corrected chi connectivity index (χ1v) is 9.71. The van der Waals surface area contributed by atoms with Gasteiger partial charge in [-0.1, -0.05) is 47.5 Å². The molecule has 3 rings (SSSR count). The van der Waals surface area contributed by atoms with Gasteiger partial charge in [0.15, 0.2) is 0 Å². The Morgan fingerprint density at radius 2 is 1.27 bits per heavy atom. The molecule has 0 atom stereocenters. The second-order valence-corrected chi connectivity index (χ2v) is 8.15. The maximum Gasteiger partial charge on any atom is 0.264 e. The Balaban J connectivity index is 2.05. The number of anilines is 1. The maximum absolute atomic E-state index is 13.3. The molecule has 0 aliphatic rings. The predicted molar refractivity (Wildman–Crippen MR) is 102 cm³/mol. The molecule has 0 unspecified atom stereocenters. The van der Waals surface area contributed by atoms with E-state index in [0.29, 0.717) is 5.69 Å². The summed E-state index contributed by atoms with van der Waals surface area (Å²) in [5, 5.41) is 0. The lowest BCUT2D eigenvalue weighted by Gasteiger charge is -2.25. The van der Waals surface area contributed by atoms with E-state index in [4.69, 9.17) is 0 Å². The average molecular weight is 369 g/mol. The van der Waals surface area contributed by atoms with Gasteiger partial charge >= 0.3 is 0 Å². The molecule has 0 saturated carbocycles. The summed E-state index contributed by atoms with van der Waals surface area (Å²) in [4.78, 5) is 0.208. The van der Waals surface area contributed by atoms with Crippen molar-refractivity contribution in [3.63, 3.8) is 0 Å². The summed E-state index contributed by atoms with van der Waals surface area (Å²) in [6.07, 6.45) is 0. The Hall–Kier alpha value is -2.66. The molecule has 0 heterocycles. The Bertz CT molecular complexity index is 980. The Labute approximate surface area is 153 Å². The predicted octanol–water partition coefficient (Wildman–Crippen LogP) is 4.84. The van der Waals surface area contributed by atoms with Crippen molar-refractivity contribution in [3.8, 4) is 0 Å². The van der Waals surface area contributed by atoms with Crippen molar-refractivity contribution in [2.45, 2.75) is 25.3 Å². The van der Waals surface area contributed by atoms with Gasteiger partial charge in [0, 0.05) is 0 Å². The topological polar surface area (TPSA) is 37.4 Å². The summed E-state index contributed by atoms with van der Waals surface area (Å²) in [5.41, 5.74) is 3.36. The number of halogens is 1. The molecule has 0 aliphatic heterocycles. The third-order valence-corrected chi connectivity index (χ3v) is 5.96. The lowest BCUT2D eigenvalue weighted by Crippen LogP contribution is -2.30. The first-order chi connectivity index (χ1) is 12.4. The van der Waals surface area contributed by atoms with Crippen molar-refractivity contribution in [1.29, 1.82) is 0 Å². The number of rotatable bonds is 5. The highest BCUT2D eigenvalue weighted by atomic mass is 32.2. The number of hydrogen-bond donors (Lipinski definition) is 0. The highest BCUT2D eigenvalue weighted by Gasteiger charge is 2.25. The molecular formula is C21H20FNO2S. The molecular weight excluding hydrogens is 349 g/mol. The molecule has 0 amide bonds. The molecule has 134 valence electrons. The molecule has 26 heavy (non-hydrogen) atoms. The number of sulfonamides is 1. The molecule has 0 radical (unpaired) electrons. The molecule has 0 saturated heterocycles. The molecule has 0 N–H and O–H groups in total. The molecule has 0 aliphatic carbocycles. The fourth-order valence-electron chi connectivity index (χ4n) is 2.62. The normalized spacial score (nSPS) is 11.3. The van der Waals surface area contributed by atoms with Crippen LogP contribution in [0.4, 0.5) is 10.1 Å². The monoisotopic (exact) mass is 369 g/mol. The summed E-state index contributed by atoms with van der Waals surface area (Å²) in [6, 6.07) is 19.9.